The van der Waals surface area contributed by atoms with Gasteiger partial charge in [-0.15, -0.1) is 0 Å². The second-order valence-corrected chi connectivity index (χ2v) is 8.11. The molecule has 5 heteroatoms. The molecule has 28 heavy (non-hydrogen) atoms. The summed E-state index contributed by atoms with van der Waals surface area (Å²) in [5.41, 5.74) is 5.08. The molecule has 0 radical (unpaired) electrons. The Morgan fingerprint density at radius 2 is 1.86 bits per heavy atom. The number of halogens is 1. The van der Waals surface area contributed by atoms with Gasteiger partial charge in [0.05, 0.1) is 5.69 Å². The van der Waals surface area contributed by atoms with Crippen LogP contribution in [0, 0.1) is 0 Å². The molecule has 3 aromatic rings. The third-order valence-electron chi connectivity index (χ3n) is 5.53. The van der Waals surface area contributed by atoms with Gasteiger partial charge in [0.2, 0.25) is 5.95 Å². The van der Waals surface area contributed by atoms with E-state index < -0.39 is 0 Å². The summed E-state index contributed by atoms with van der Waals surface area (Å²) < 4.78 is 0. The van der Waals surface area contributed by atoms with E-state index in [1.165, 1.54) is 35.2 Å². The van der Waals surface area contributed by atoms with E-state index in [0.29, 0.717) is 5.92 Å². The molecule has 2 aliphatic rings. The van der Waals surface area contributed by atoms with Crippen LogP contribution in [0.5, 0.6) is 0 Å². The van der Waals surface area contributed by atoms with E-state index in [9.17, 15) is 0 Å². The lowest BCUT2D eigenvalue weighted by molar-refractivity contribution is 0.717. The highest BCUT2D eigenvalue weighted by Crippen LogP contribution is 2.40. The number of hydrogen-bond donors (Lipinski definition) is 1. The first-order valence-corrected chi connectivity index (χ1v) is 10.3. The molecule has 0 unspecified atom stereocenters. The molecule has 1 saturated carbocycles. The van der Waals surface area contributed by atoms with Crippen LogP contribution in [0.4, 0.5) is 11.8 Å². The maximum atomic E-state index is 6.16. The Hall–Kier alpha value is -2.59. The molecule has 1 fully saturated rings. The van der Waals surface area contributed by atoms with Gasteiger partial charge in [-0.1, -0.05) is 48.0 Å². The van der Waals surface area contributed by atoms with Crippen LogP contribution in [0.2, 0.25) is 5.02 Å². The maximum absolute atomic E-state index is 6.16. The largest absolute Gasteiger partial charge is 0.352 e. The van der Waals surface area contributed by atoms with Crippen molar-refractivity contribution in [2.45, 2.75) is 38.3 Å². The van der Waals surface area contributed by atoms with Crippen molar-refractivity contribution in [3.8, 4) is 0 Å². The number of anilines is 2. The third-order valence-corrected chi connectivity index (χ3v) is 5.76. The number of fused-ring (bicyclic) bond motifs is 1. The van der Waals surface area contributed by atoms with Crippen LogP contribution < -0.4 is 10.2 Å². The minimum atomic E-state index is 0.593. The van der Waals surface area contributed by atoms with Gasteiger partial charge in [-0.25, -0.2) is 4.98 Å². The fraction of sp³-hybridized carbons (Fsp3) is 0.304. The van der Waals surface area contributed by atoms with Crippen molar-refractivity contribution in [3.63, 3.8) is 0 Å². The molecule has 0 bridgehead atoms. The van der Waals surface area contributed by atoms with E-state index in [0.717, 1.165) is 42.8 Å². The molecule has 4 nitrogen and oxygen atoms in total. The Kier molecular flexibility index (Phi) is 4.65. The quantitative estimate of drug-likeness (QED) is 0.651. The van der Waals surface area contributed by atoms with E-state index in [2.05, 4.69) is 52.7 Å². The van der Waals surface area contributed by atoms with Crippen molar-refractivity contribution >= 4 is 23.4 Å². The van der Waals surface area contributed by atoms with Crippen LogP contribution in [0.25, 0.3) is 0 Å². The summed E-state index contributed by atoms with van der Waals surface area (Å²) >= 11 is 6.16. The first kappa shape index (κ1) is 17.5. The van der Waals surface area contributed by atoms with E-state index in [-0.39, 0.29) is 0 Å². The monoisotopic (exact) mass is 390 g/mol. The molecule has 0 saturated heterocycles. The number of hydrogen-bond acceptors (Lipinski definition) is 4. The summed E-state index contributed by atoms with van der Waals surface area (Å²) in [6, 6.07) is 18.8. The Bertz CT molecular complexity index is 985. The van der Waals surface area contributed by atoms with Crippen LogP contribution in [0.15, 0.2) is 54.6 Å². The maximum Gasteiger partial charge on any atom is 0.225 e. The van der Waals surface area contributed by atoms with Gasteiger partial charge in [-0.2, -0.15) is 4.98 Å². The van der Waals surface area contributed by atoms with Crippen LogP contribution in [-0.4, -0.2) is 16.5 Å². The molecule has 1 aliphatic heterocycles. The average Bonchev–Trinajstić information content (AvgIpc) is 3.58. The number of nitrogens with one attached hydrogen (secondary N) is 1. The lowest BCUT2D eigenvalue weighted by atomic mass is 10.00. The smallest absolute Gasteiger partial charge is 0.225 e. The lowest BCUT2D eigenvalue weighted by Gasteiger charge is -2.30. The molecule has 1 N–H and O–H groups in total. The Morgan fingerprint density at radius 1 is 1.00 bits per heavy atom. The van der Waals surface area contributed by atoms with Gasteiger partial charge < -0.3 is 10.2 Å². The van der Waals surface area contributed by atoms with E-state index in [1.807, 2.05) is 12.1 Å². The van der Waals surface area contributed by atoms with Crippen molar-refractivity contribution in [2.75, 3.05) is 16.8 Å². The molecule has 1 aromatic heterocycles. The number of rotatable bonds is 5. The Labute approximate surface area is 170 Å². The van der Waals surface area contributed by atoms with E-state index in [1.54, 1.807) is 0 Å². The minimum Gasteiger partial charge on any atom is -0.352 e. The Balaban J connectivity index is 1.39. The number of nitrogens with zero attached hydrogens (tertiary/aromatic N) is 3. The van der Waals surface area contributed by atoms with Gasteiger partial charge in [0.25, 0.3) is 0 Å². The summed E-state index contributed by atoms with van der Waals surface area (Å²) in [6.45, 7) is 2.55. The van der Waals surface area contributed by atoms with Crippen LogP contribution in [0.1, 0.15) is 41.1 Å². The first-order valence-electron chi connectivity index (χ1n) is 9.93. The zero-order valence-electron chi connectivity index (χ0n) is 15.7. The molecule has 2 heterocycles. The average molecular weight is 391 g/mol. The fourth-order valence-corrected chi connectivity index (χ4v) is 3.97. The molecule has 142 valence electrons. The number of benzene rings is 2. The van der Waals surface area contributed by atoms with Crippen LogP contribution in [0.3, 0.4) is 0 Å². The second-order valence-electron chi connectivity index (χ2n) is 7.67. The SMILES string of the molecule is Clc1ccc2c(c1)CCN(c1cc(C3CC3)nc(NCc3ccccc3)n1)C2. The topological polar surface area (TPSA) is 41.1 Å². The van der Waals surface area contributed by atoms with Gasteiger partial charge in [-0.3, -0.25) is 0 Å². The lowest BCUT2D eigenvalue weighted by Crippen LogP contribution is -2.31. The van der Waals surface area contributed by atoms with Gasteiger partial charge in [-0.05, 0) is 48.1 Å². The van der Waals surface area contributed by atoms with Crippen molar-refractivity contribution in [3.05, 3.63) is 82.0 Å². The molecule has 5 rings (SSSR count). The molecular formula is C23H23ClN4. The molecular weight excluding hydrogens is 368 g/mol. The highest BCUT2D eigenvalue weighted by atomic mass is 35.5. The van der Waals surface area contributed by atoms with Crippen LogP contribution in [-0.2, 0) is 19.5 Å². The number of aromatic nitrogens is 2. The molecule has 0 atom stereocenters. The predicted molar refractivity (Wildman–Crippen MR) is 114 cm³/mol. The third kappa shape index (κ3) is 3.83. The molecule has 0 amide bonds. The van der Waals surface area contributed by atoms with E-state index >= 15 is 0 Å². The summed E-state index contributed by atoms with van der Waals surface area (Å²) in [4.78, 5) is 12.0. The zero-order valence-corrected chi connectivity index (χ0v) is 16.5. The second kappa shape index (κ2) is 7.44. The van der Waals surface area contributed by atoms with Crippen molar-refractivity contribution < 1.29 is 0 Å². The first-order chi connectivity index (χ1) is 13.7. The van der Waals surface area contributed by atoms with Gasteiger partial charge in [0, 0.05) is 36.6 Å². The van der Waals surface area contributed by atoms with Gasteiger partial charge >= 0.3 is 0 Å². The predicted octanol–water partition coefficient (Wildman–Crippen LogP) is 5.18. The highest BCUT2D eigenvalue weighted by Gasteiger charge is 2.27. The Morgan fingerprint density at radius 3 is 2.68 bits per heavy atom. The van der Waals surface area contributed by atoms with Gasteiger partial charge in [0.15, 0.2) is 0 Å². The standard InChI is InChI=1S/C23H23ClN4/c24-20-9-8-19-15-28(11-10-18(19)12-20)22-13-21(17-6-7-17)26-23(27-22)25-14-16-4-2-1-3-5-16/h1-5,8-9,12-13,17H,6-7,10-11,14-15H2,(H,25,26,27). The van der Waals surface area contributed by atoms with Crippen molar-refractivity contribution in [2.24, 2.45) is 0 Å². The fourth-order valence-electron chi connectivity index (χ4n) is 3.78. The summed E-state index contributed by atoms with van der Waals surface area (Å²) in [7, 11) is 0. The molecule has 1 aliphatic carbocycles. The zero-order chi connectivity index (χ0) is 18.9. The minimum absolute atomic E-state index is 0.593. The summed E-state index contributed by atoms with van der Waals surface area (Å²) in [6.07, 6.45) is 3.46. The normalized spacial score (nSPS) is 16.0. The highest BCUT2D eigenvalue weighted by molar-refractivity contribution is 6.30. The van der Waals surface area contributed by atoms with Crippen molar-refractivity contribution in [1.82, 2.24) is 9.97 Å². The molecule has 0 spiro atoms. The summed E-state index contributed by atoms with van der Waals surface area (Å²) in [5, 5.41) is 4.24. The van der Waals surface area contributed by atoms with Crippen molar-refractivity contribution in [1.29, 1.82) is 0 Å². The molecule has 2 aromatic carbocycles. The summed E-state index contributed by atoms with van der Waals surface area (Å²) in [5.74, 6) is 2.34. The van der Waals surface area contributed by atoms with Gasteiger partial charge in [0.1, 0.15) is 5.82 Å². The van der Waals surface area contributed by atoms with E-state index in [4.69, 9.17) is 21.6 Å². The van der Waals surface area contributed by atoms with Crippen LogP contribution >= 0.6 is 11.6 Å².